The van der Waals surface area contributed by atoms with Gasteiger partial charge in [-0.2, -0.15) is 0 Å². The van der Waals surface area contributed by atoms with Crippen LogP contribution in [0, 0.1) is 13.8 Å². The third-order valence-electron chi connectivity index (χ3n) is 8.17. The van der Waals surface area contributed by atoms with E-state index in [4.69, 9.17) is 19.3 Å². The second-order valence-electron chi connectivity index (χ2n) is 11.2. The molecule has 5 rings (SSSR count). The molecule has 0 spiro atoms. The molecule has 41 heavy (non-hydrogen) atoms. The Hall–Kier alpha value is -3.16. The molecule has 1 atom stereocenters. The van der Waals surface area contributed by atoms with Gasteiger partial charge in [0.15, 0.2) is 0 Å². The average molecular weight is 576 g/mol. The molecule has 1 aliphatic heterocycles. The lowest BCUT2D eigenvalue weighted by molar-refractivity contribution is -0.137. The molecule has 1 N–H and O–H groups in total. The second-order valence-corrected chi connectivity index (χ2v) is 12.0. The first-order valence-corrected chi connectivity index (χ1v) is 15.8. The van der Waals surface area contributed by atoms with Crippen LogP contribution in [-0.2, 0) is 11.4 Å². The Kier molecular flexibility index (Phi) is 9.78. The number of aliphatic carboxylic acids is 1. The lowest BCUT2D eigenvalue weighted by Crippen LogP contribution is -2.28. The van der Waals surface area contributed by atoms with Crippen LogP contribution in [0.4, 0.5) is 0 Å². The molecular formula is C34H41NO5S. The highest BCUT2D eigenvalue weighted by Crippen LogP contribution is 2.38. The quantitative estimate of drug-likeness (QED) is 0.165. The van der Waals surface area contributed by atoms with E-state index < -0.39 is 5.97 Å². The third kappa shape index (κ3) is 7.38. The predicted molar refractivity (Wildman–Crippen MR) is 165 cm³/mol. The zero-order chi connectivity index (χ0) is 28.8. The molecule has 1 unspecified atom stereocenters. The molecular weight excluding hydrogens is 534 g/mol. The van der Waals surface area contributed by atoms with Gasteiger partial charge in [-0.25, -0.2) is 4.31 Å². The largest absolute Gasteiger partial charge is 0.494 e. The van der Waals surface area contributed by atoms with Crippen molar-refractivity contribution in [2.24, 2.45) is 0 Å². The fourth-order valence-electron chi connectivity index (χ4n) is 6.20. The van der Waals surface area contributed by atoms with Crippen molar-refractivity contribution in [3.63, 3.8) is 0 Å². The molecule has 1 fully saturated rings. The second kappa shape index (κ2) is 13.7. The van der Waals surface area contributed by atoms with Crippen LogP contribution in [0.3, 0.4) is 0 Å². The van der Waals surface area contributed by atoms with Gasteiger partial charge in [-0.15, -0.1) is 0 Å². The minimum Gasteiger partial charge on any atom is -0.494 e. The van der Waals surface area contributed by atoms with Crippen LogP contribution in [0.25, 0.3) is 11.1 Å². The van der Waals surface area contributed by atoms with Gasteiger partial charge in [0, 0.05) is 30.1 Å². The summed E-state index contributed by atoms with van der Waals surface area (Å²) in [5.74, 6) is 1.44. The van der Waals surface area contributed by atoms with Crippen molar-refractivity contribution >= 4 is 17.9 Å². The SMILES string of the molecule is CSN(CCCOc1cc(C)c(-c2cccc(COc3ccc4c(c3)OCC4CC(=O)O)c2)c(C)c1)C1CCCC1. The summed E-state index contributed by atoms with van der Waals surface area (Å²) in [6.07, 6.45) is 8.67. The van der Waals surface area contributed by atoms with Crippen molar-refractivity contribution in [2.45, 2.75) is 70.9 Å². The Labute approximate surface area is 248 Å². The normalized spacial score (nSPS) is 16.5. The number of benzene rings is 3. The summed E-state index contributed by atoms with van der Waals surface area (Å²) in [5, 5.41) is 9.13. The number of aryl methyl sites for hydroxylation is 2. The minimum atomic E-state index is -0.813. The van der Waals surface area contributed by atoms with Gasteiger partial charge in [-0.1, -0.05) is 49.1 Å². The molecule has 6 nitrogen and oxygen atoms in total. The molecule has 0 saturated heterocycles. The maximum absolute atomic E-state index is 11.1. The van der Waals surface area contributed by atoms with E-state index in [1.54, 1.807) is 0 Å². The highest BCUT2D eigenvalue weighted by Gasteiger charge is 2.26. The number of carbonyl (C=O) groups is 1. The third-order valence-corrected chi connectivity index (χ3v) is 9.12. The average Bonchev–Trinajstić information content (AvgIpc) is 3.62. The number of nitrogens with zero attached hydrogens (tertiary/aromatic N) is 1. The monoisotopic (exact) mass is 575 g/mol. The summed E-state index contributed by atoms with van der Waals surface area (Å²) < 4.78 is 20.6. The van der Waals surface area contributed by atoms with Gasteiger partial charge in [-0.3, -0.25) is 4.79 Å². The van der Waals surface area contributed by atoms with Crippen molar-refractivity contribution < 1.29 is 24.1 Å². The minimum absolute atomic E-state index is 0.0727. The van der Waals surface area contributed by atoms with Gasteiger partial charge in [0.1, 0.15) is 23.9 Å². The summed E-state index contributed by atoms with van der Waals surface area (Å²) in [6, 6.07) is 19.2. The molecule has 1 saturated carbocycles. The highest BCUT2D eigenvalue weighted by atomic mass is 32.2. The van der Waals surface area contributed by atoms with Crippen molar-refractivity contribution in [2.75, 3.05) is 26.0 Å². The first-order valence-electron chi connectivity index (χ1n) is 14.7. The molecule has 7 heteroatoms. The van der Waals surface area contributed by atoms with E-state index in [9.17, 15) is 4.79 Å². The number of rotatable bonds is 13. The van der Waals surface area contributed by atoms with Crippen LogP contribution < -0.4 is 14.2 Å². The number of hydrogen-bond acceptors (Lipinski definition) is 6. The molecule has 2 aliphatic rings. The highest BCUT2D eigenvalue weighted by molar-refractivity contribution is 7.96. The van der Waals surface area contributed by atoms with Gasteiger partial charge in [0.05, 0.1) is 19.6 Å². The Morgan fingerprint density at radius 3 is 2.54 bits per heavy atom. The topological polar surface area (TPSA) is 68.2 Å². The first-order chi connectivity index (χ1) is 19.9. The molecule has 3 aromatic rings. The van der Waals surface area contributed by atoms with Gasteiger partial charge in [0.2, 0.25) is 0 Å². The van der Waals surface area contributed by atoms with Crippen molar-refractivity contribution in [1.82, 2.24) is 4.31 Å². The smallest absolute Gasteiger partial charge is 0.304 e. The predicted octanol–water partition coefficient (Wildman–Crippen LogP) is 7.79. The molecule has 0 radical (unpaired) electrons. The molecule has 1 aliphatic carbocycles. The van der Waals surface area contributed by atoms with E-state index in [1.165, 1.54) is 42.4 Å². The van der Waals surface area contributed by atoms with Gasteiger partial charge in [-0.05, 0) is 91.4 Å². The molecule has 0 aromatic heterocycles. The maximum Gasteiger partial charge on any atom is 0.304 e. The number of carboxylic acid groups (broad SMARTS) is 1. The summed E-state index contributed by atoms with van der Waals surface area (Å²) in [4.78, 5) is 11.1. The van der Waals surface area contributed by atoms with Crippen molar-refractivity contribution in [3.8, 4) is 28.4 Å². The molecule has 0 amide bonds. The standard InChI is InChI=1S/C34H41NO5S/c1-23-16-30(38-15-7-14-35(41-3)28-10-4-5-11-28)17-24(2)34(23)26-9-6-8-25(18-26)21-39-29-12-13-31-27(19-33(36)37)22-40-32(31)20-29/h6,8-9,12-13,16-18,20,27-28H,4-5,7,10-11,14-15,19,21-22H2,1-3H3,(H,36,37). The van der Waals surface area contributed by atoms with E-state index in [1.807, 2.05) is 30.1 Å². The zero-order valence-electron chi connectivity index (χ0n) is 24.4. The summed E-state index contributed by atoms with van der Waals surface area (Å²) >= 11 is 1.87. The fraction of sp³-hybridized carbons (Fsp3) is 0.441. The first kappa shape index (κ1) is 29.3. The van der Waals surface area contributed by atoms with E-state index in [0.717, 1.165) is 48.1 Å². The van der Waals surface area contributed by atoms with Crippen LogP contribution in [0.2, 0.25) is 0 Å². The number of fused-ring (bicyclic) bond motifs is 1. The molecule has 3 aromatic carbocycles. The van der Waals surface area contributed by atoms with Gasteiger partial charge in [0.25, 0.3) is 0 Å². The van der Waals surface area contributed by atoms with Crippen LogP contribution >= 0.6 is 11.9 Å². The van der Waals surface area contributed by atoms with E-state index >= 15 is 0 Å². The number of carboxylic acids is 1. The summed E-state index contributed by atoms with van der Waals surface area (Å²) in [6.45, 7) is 6.92. The maximum atomic E-state index is 11.1. The number of hydrogen-bond donors (Lipinski definition) is 1. The van der Waals surface area contributed by atoms with E-state index in [-0.39, 0.29) is 12.3 Å². The zero-order valence-corrected chi connectivity index (χ0v) is 25.2. The van der Waals surface area contributed by atoms with Crippen molar-refractivity contribution in [3.05, 3.63) is 76.9 Å². The van der Waals surface area contributed by atoms with E-state index in [2.05, 4.69) is 60.8 Å². The van der Waals surface area contributed by atoms with Gasteiger partial charge >= 0.3 is 5.97 Å². The Balaban J connectivity index is 1.18. The molecule has 1 heterocycles. The Morgan fingerprint density at radius 2 is 1.80 bits per heavy atom. The fourth-order valence-corrected chi connectivity index (χ4v) is 7.02. The lowest BCUT2D eigenvalue weighted by atomic mass is 9.94. The molecule has 218 valence electrons. The van der Waals surface area contributed by atoms with Crippen LogP contribution in [0.5, 0.6) is 17.2 Å². The Bertz CT molecular complexity index is 1330. The Morgan fingerprint density at radius 1 is 1.02 bits per heavy atom. The summed E-state index contributed by atoms with van der Waals surface area (Å²) in [5.41, 5.74) is 6.79. The van der Waals surface area contributed by atoms with Crippen LogP contribution in [0.1, 0.15) is 66.7 Å². The molecule has 0 bridgehead atoms. The van der Waals surface area contributed by atoms with Crippen molar-refractivity contribution in [1.29, 1.82) is 0 Å². The van der Waals surface area contributed by atoms with Crippen LogP contribution in [0.15, 0.2) is 54.6 Å². The van der Waals surface area contributed by atoms with Gasteiger partial charge < -0.3 is 19.3 Å². The summed E-state index contributed by atoms with van der Waals surface area (Å²) in [7, 11) is 0. The number of ether oxygens (including phenoxy) is 3. The van der Waals surface area contributed by atoms with E-state index in [0.29, 0.717) is 24.7 Å². The van der Waals surface area contributed by atoms with Crippen LogP contribution in [-0.4, -0.2) is 47.4 Å². The lowest BCUT2D eigenvalue weighted by Gasteiger charge is -2.25.